The highest BCUT2D eigenvalue weighted by atomic mass is 32.2. The molecule has 2 N–H and O–H groups in total. The van der Waals surface area contributed by atoms with Gasteiger partial charge in [0, 0.05) is 25.7 Å². The van der Waals surface area contributed by atoms with E-state index in [1.807, 2.05) is 12.1 Å². The molecule has 0 bridgehead atoms. The topological polar surface area (TPSA) is 73.8 Å². The van der Waals surface area contributed by atoms with Crippen LogP contribution in [0.1, 0.15) is 63.9 Å². The molecule has 1 aromatic carbocycles. The molecule has 156 valence electrons. The molecule has 7 heteroatoms. The average molecular weight is 407 g/mol. The lowest BCUT2D eigenvalue weighted by Crippen LogP contribution is -2.44. The number of benzene rings is 1. The molecule has 1 saturated heterocycles. The summed E-state index contributed by atoms with van der Waals surface area (Å²) in [6.45, 7) is 4.69. The zero-order valence-electron chi connectivity index (χ0n) is 17.0. The number of nitrogens with one attached hydrogen (secondary N) is 2. The third kappa shape index (κ3) is 5.70. The largest absolute Gasteiger partial charge is 0.357 e. The van der Waals surface area contributed by atoms with Gasteiger partial charge in [-0.1, -0.05) is 37.8 Å². The molecule has 1 saturated carbocycles. The second kappa shape index (κ2) is 10.3. The van der Waals surface area contributed by atoms with Crippen molar-refractivity contribution in [1.82, 2.24) is 14.9 Å². The van der Waals surface area contributed by atoms with Crippen molar-refractivity contribution in [1.29, 1.82) is 0 Å². The number of hydrogen-bond acceptors (Lipinski definition) is 3. The fraction of sp³-hybridized carbons (Fsp3) is 0.667. The lowest BCUT2D eigenvalue weighted by Gasteiger charge is -2.26. The highest BCUT2D eigenvalue weighted by Crippen LogP contribution is 2.21. The Morgan fingerprint density at radius 1 is 1.04 bits per heavy atom. The minimum Gasteiger partial charge on any atom is -0.357 e. The molecule has 2 fully saturated rings. The van der Waals surface area contributed by atoms with Crippen molar-refractivity contribution in [2.45, 2.75) is 75.8 Å². The summed E-state index contributed by atoms with van der Waals surface area (Å²) in [6.07, 6.45) is 9.32. The minimum absolute atomic E-state index is 0.384. The Morgan fingerprint density at radius 3 is 2.32 bits per heavy atom. The fourth-order valence-electron chi connectivity index (χ4n) is 3.95. The molecule has 3 rings (SSSR count). The first kappa shape index (κ1) is 21.1. The Balaban J connectivity index is 1.62. The Bertz CT molecular complexity index is 734. The van der Waals surface area contributed by atoms with E-state index in [2.05, 4.69) is 17.6 Å². The molecule has 6 nitrogen and oxygen atoms in total. The van der Waals surface area contributed by atoms with Crippen LogP contribution in [0.3, 0.4) is 0 Å². The summed E-state index contributed by atoms with van der Waals surface area (Å²) >= 11 is 0. The lowest BCUT2D eigenvalue weighted by molar-refractivity contribution is 0.346. The minimum atomic E-state index is -3.37. The van der Waals surface area contributed by atoms with Gasteiger partial charge < -0.3 is 10.6 Å². The highest BCUT2D eigenvalue weighted by Gasteiger charge is 2.25. The summed E-state index contributed by atoms with van der Waals surface area (Å²) in [5.74, 6) is 0.847. The van der Waals surface area contributed by atoms with Gasteiger partial charge in [-0.3, -0.25) is 0 Å². The predicted octanol–water partition coefficient (Wildman–Crippen LogP) is 3.25. The maximum Gasteiger partial charge on any atom is 0.243 e. The van der Waals surface area contributed by atoms with Crippen LogP contribution in [0, 0.1) is 0 Å². The van der Waals surface area contributed by atoms with Crippen LogP contribution in [0.15, 0.2) is 34.2 Å². The van der Waals surface area contributed by atoms with Gasteiger partial charge in [0.2, 0.25) is 10.0 Å². The van der Waals surface area contributed by atoms with Crippen molar-refractivity contribution >= 4 is 16.0 Å². The Kier molecular flexibility index (Phi) is 7.73. The molecule has 1 aliphatic heterocycles. The van der Waals surface area contributed by atoms with Gasteiger partial charge in [0.25, 0.3) is 0 Å². The molecule has 1 aliphatic carbocycles. The molecular weight excluding hydrogens is 372 g/mol. The Hall–Kier alpha value is -1.60. The van der Waals surface area contributed by atoms with E-state index < -0.39 is 10.0 Å². The smallest absolute Gasteiger partial charge is 0.243 e. The second-order valence-electron chi connectivity index (χ2n) is 7.78. The van der Waals surface area contributed by atoms with E-state index in [9.17, 15) is 8.42 Å². The summed E-state index contributed by atoms with van der Waals surface area (Å²) in [5, 5.41) is 6.86. The molecule has 1 aromatic rings. The number of piperidine rings is 1. The van der Waals surface area contributed by atoms with Crippen LogP contribution in [-0.2, 0) is 16.6 Å². The standard InChI is InChI=1S/C21H34N4O2S/c1-2-22-21(24-19-9-5-3-6-10-19)23-17-18-11-13-20(14-12-18)28(26,27)25-15-7-4-8-16-25/h11-14,19H,2-10,15-17H2,1H3,(H2,22,23,24). The van der Waals surface area contributed by atoms with E-state index in [0.29, 0.717) is 30.6 Å². The zero-order chi connectivity index (χ0) is 19.8. The number of nitrogens with zero attached hydrogens (tertiary/aromatic N) is 2. The van der Waals surface area contributed by atoms with Gasteiger partial charge >= 0.3 is 0 Å². The van der Waals surface area contributed by atoms with E-state index >= 15 is 0 Å². The highest BCUT2D eigenvalue weighted by molar-refractivity contribution is 7.89. The Labute approximate surface area is 169 Å². The van der Waals surface area contributed by atoms with Crippen molar-refractivity contribution in [3.05, 3.63) is 29.8 Å². The molecule has 1 heterocycles. The summed E-state index contributed by atoms with van der Waals surface area (Å²) in [4.78, 5) is 5.08. The van der Waals surface area contributed by atoms with Gasteiger partial charge in [0.05, 0.1) is 11.4 Å². The maximum atomic E-state index is 12.7. The molecule has 0 aromatic heterocycles. The summed E-state index contributed by atoms with van der Waals surface area (Å²) in [5.41, 5.74) is 1.01. The van der Waals surface area contributed by atoms with Gasteiger partial charge in [-0.25, -0.2) is 13.4 Å². The summed E-state index contributed by atoms with van der Waals surface area (Å²) < 4.78 is 27.1. The number of hydrogen-bond donors (Lipinski definition) is 2. The lowest BCUT2D eigenvalue weighted by atomic mass is 9.96. The first-order valence-electron chi connectivity index (χ1n) is 10.7. The van der Waals surface area contributed by atoms with Crippen molar-refractivity contribution in [2.24, 2.45) is 4.99 Å². The van der Waals surface area contributed by atoms with E-state index in [1.54, 1.807) is 16.4 Å². The van der Waals surface area contributed by atoms with E-state index in [0.717, 1.165) is 37.3 Å². The molecular formula is C21H34N4O2S. The van der Waals surface area contributed by atoms with Crippen molar-refractivity contribution in [3.63, 3.8) is 0 Å². The Morgan fingerprint density at radius 2 is 1.68 bits per heavy atom. The molecule has 0 unspecified atom stereocenters. The van der Waals surface area contributed by atoms with Gasteiger partial charge in [-0.15, -0.1) is 0 Å². The quantitative estimate of drug-likeness (QED) is 0.562. The summed E-state index contributed by atoms with van der Waals surface area (Å²) in [6, 6.07) is 7.70. The van der Waals surface area contributed by atoms with Gasteiger partial charge in [0.1, 0.15) is 0 Å². The number of sulfonamides is 1. The van der Waals surface area contributed by atoms with Gasteiger partial charge in [-0.2, -0.15) is 4.31 Å². The normalized spacial score (nSPS) is 20.1. The fourth-order valence-corrected chi connectivity index (χ4v) is 5.47. The van der Waals surface area contributed by atoms with Crippen LogP contribution < -0.4 is 10.6 Å². The van der Waals surface area contributed by atoms with Crippen molar-refractivity contribution < 1.29 is 8.42 Å². The third-order valence-electron chi connectivity index (χ3n) is 5.59. The third-order valence-corrected chi connectivity index (χ3v) is 7.50. The SMILES string of the molecule is CCNC(=NCc1ccc(S(=O)(=O)N2CCCCC2)cc1)NC1CCCCC1. The number of guanidine groups is 1. The second-order valence-corrected chi connectivity index (χ2v) is 9.72. The van der Waals surface area contributed by atoms with Crippen LogP contribution in [-0.4, -0.2) is 44.4 Å². The van der Waals surface area contributed by atoms with Crippen LogP contribution >= 0.6 is 0 Å². The summed E-state index contributed by atoms with van der Waals surface area (Å²) in [7, 11) is -3.37. The number of rotatable bonds is 6. The molecule has 2 aliphatic rings. The molecule has 0 atom stereocenters. The van der Waals surface area contributed by atoms with Gasteiger partial charge in [-0.05, 0) is 50.3 Å². The predicted molar refractivity (Wildman–Crippen MR) is 114 cm³/mol. The zero-order valence-corrected chi connectivity index (χ0v) is 17.8. The van der Waals surface area contributed by atoms with E-state index in [-0.39, 0.29) is 0 Å². The molecule has 0 spiro atoms. The van der Waals surface area contributed by atoms with Gasteiger partial charge in [0.15, 0.2) is 5.96 Å². The van der Waals surface area contributed by atoms with E-state index in [4.69, 9.17) is 4.99 Å². The monoisotopic (exact) mass is 406 g/mol. The van der Waals surface area contributed by atoms with Crippen LogP contribution in [0.4, 0.5) is 0 Å². The van der Waals surface area contributed by atoms with Crippen molar-refractivity contribution in [3.8, 4) is 0 Å². The maximum absolute atomic E-state index is 12.7. The molecule has 0 radical (unpaired) electrons. The molecule has 28 heavy (non-hydrogen) atoms. The first-order chi connectivity index (χ1) is 13.6. The molecule has 0 amide bonds. The van der Waals surface area contributed by atoms with Crippen molar-refractivity contribution in [2.75, 3.05) is 19.6 Å². The number of aliphatic imine (C=N–C) groups is 1. The average Bonchev–Trinajstić information content (AvgIpc) is 2.74. The first-order valence-corrected chi connectivity index (χ1v) is 12.2. The van der Waals surface area contributed by atoms with Crippen LogP contribution in [0.2, 0.25) is 0 Å². The van der Waals surface area contributed by atoms with E-state index in [1.165, 1.54) is 32.1 Å². The van der Waals surface area contributed by atoms with Crippen LogP contribution in [0.5, 0.6) is 0 Å². The van der Waals surface area contributed by atoms with Crippen LogP contribution in [0.25, 0.3) is 0 Å².